The Morgan fingerprint density at radius 2 is 1.91 bits per heavy atom. The fourth-order valence-electron chi connectivity index (χ4n) is 3.27. The van der Waals surface area contributed by atoms with Gasteiger partial charge in [0.25, 0.3) is 0 Å². The maximum Gasteiger partial charge on any atom is 0.511 e. The van der Waals surface area contributed by atoms with Crippen LogP contribution in [0.2, 0.25) is 0 Å². The van der Waals surface area contributed by atoms with Crippen LogP contribution in [0.15, 0.2) is 0 Å². The smallest absolute Gasteiger partial charge is 0.372 e. The van der Waals surface area contributed by atoms with Crippen molar-refractivity contribution in [2.75, 3.05) is 26.2 Å². The number of sulfonamides is 1. The number of halogens is 3. The van der Waals surface area contributed by atoms with Crippen molar-refractivity contribution < 1.29 is 31.1 Å². The zero-order valence-corrected chi connectivity index (χ0v) is 13.3. The zero-order chi connectivity index (χ0) is 16.9. The molecule has 0 aromatic carbocycles. The van der Waals surface area contributed by atoms with Gasteiger partial charge in [0.05, 0.1) is 5.60 Å². The van der Waals surface area contributed by atoms with E-state index < -0.39 is 21.1 Å². The number of alkyl halides is 3. The van der Waals surface area contributed by atoms with E-state index >= 15 is 0 Å². The summed E-state index contributed by atoms with van der Waals surface area (Å²) in [5.41, 5.74) is -6.11. The lowest BCUT2D eigenvalue weighted by molar-refractivity contribution is -0.123. The van der Waals surface area contributed by atoms with Crippen molar-refractivity contribution in [3.63, 3.8) is 0 Å². The molecule has 1 amide bonds. The van der Waals surface area contributed by atoms with Crippen LogP contribution in [0.25, 0.3) is 0 Å². The van der Waals surface area contributed by atoms with Crippen molar-refractivity contribution in [1.82, 2.24) is 9.62 Å². The van der Waals surface area contributed by atoms with Crippen LogP contribution in [0.4, 0.5) is 13.2 Å². The average Bonchev–Trinajstić information content (AvgIpc) is 3.16. The number of amides is 1. The average molecular weight is 356 g/mol. The first-order chi connectivity index (χ1) is 10.7. The van der Waals surface area contributed by atoms with E-state index in [1.165, 1.54) is 0 Å². The second-order valence-electron chi connectivity index (χ2n) is 6.47. The molecule has 3 fully saturated rings. The minimum atomic E-state index is -5.28. The van der Waals surface area contributed by atoms with Crippen molar-refractivity contribution in [1.29, 1.82) is 0 Å². The Kier molecular flexibility index (Phi) is 4.13. The minimum Gasteiger partial charge on any atom is -0.372 e. The predicted molar refractivity (Wildman–Crippen MR) is 73.7 cm³/mol. The molecule has 23 heavy (non-hydrogen) atoms. The Labute approximate surface area is 132 Å². The summed E-state index contributed by atoms with van der Waals surface area (Å²) in [5.74, 6) is 0.0921. The van der Waals surface area contributed by atoms with Crippen molar-refractivity contribution >= 4 is 15.9 Å². The van der Waals surface area contributed by atoms with E-state index in [9.17, 15) is 26.4 Å². The van der Waals surface area contributed by atoms with Gasteiger partial charge in [-0.05, 0) is 31.6 Å². The standard InChI is InChI=1S/C13H19F3N2O4S/c14-13(15,16)23(20,21)18-7-12(8-18)10(4-6-22-12)3-5-17-11(19)9-1-2-9/h9-10H,1-8H2,(H,17,19)/t10-/m0/s1. The van der Waals surface area contributed by atoms with E-state index in [1.54, 1.807) is 0 Å². The van der Waals surface area contributed by atoms with Crippen molar-refractivity contribution in [2.45, 2.75) is 36.8 Å². The van der Waals surface area contributed by atoms with E-state index in [-0.39, 0.29) is 30.8 Å². The summed E-state index contributed by atoms with van der Waals surface area (Å²) in [5, 5.41) is 2.82. The second kappa shape index (κ2) is 5.59. The molecule has 6 nitrogen and oxygen atoms in total. The van der Waals surface area contributed by atoms with Crippen LogP contribution < -0.4 is 5.32 Å². The fraction of sp³-hybridized carbons (Fsp3) is 0.923. The normalized spacial score (nSPS) is 27.9. The summed E-state index contributed by atoms with van der Waals surface area (Å²) >= 11 is 0. The molecule has 2 aliphatic heterocycles. The van der Waals surface area contributed by atoms with Crippen LogP contribution in [0, 0.1) is 11.8 Å². The molecule has 1 N–H and O–H groups in total. The molecule has 1 spiro atoms. The Morgan fingerprint density at radius 1 is 1.26 bits per heavy atom. The van der Waals surface area contributed by atoms with E-state index in [4.69, 9.17) is 4.74 Å². The first-order valence-electron chi connectivity index (χ1n) is 7.64. The molecule has 3 rings (SSSR count). The molecule has 10 heteroatoms. The first kappa shape index (κ1) is 17.0. The van der Waals surface area contributed by atoms with Crippen molar-refractivity contribution in [3.05, 3.63) is 0 Å². The lowest BCUT2D eigenvalue weighted by Crippen LogP contribution is -2.67. The molecule has 0 bridgehead atoms. The Morgan fingerprint density at radius 3 is 2.48 bits per heavy atom. The van der Waals surface area contributed by atoms with Gasteiger partial charge in [0, 0.05) is 32.2 Å². The Bertz CT molecular complexity index is 583. The van der Waals surface area contributed by atoms with Crippen LogP contribution >= 0.6 is 0 Å². The van der Waals surface area contributed by atoms with Crippen LogP contribution in [-0.2, 0) is 19.6 Å². The molecule has 1 saturated carbocycles. The number of hydrogen-bond donors (Lipinski definition) is 1. The van der Waals surface area contributed by atoms with Gasteiger partial charge in [-0.1, -0.05) is 0 Å². The molecule has 0 unspecified atom stereocenters. The molecule has 2 heterocycles. The maximum atomic E-state index is 12.5. The summed E-state index contributed by atoms with van der Waals surface area (Å²) in [6.07, 6.45) is 3.07. The molecule has 0 radical (unpaired) electrons. The molecular formula is C13H19F3N2O4S. The lowest BCUT2D eigenvalue weighted by Gasteiger charge is -2.49. The third-order valence-electron chi connectivity index (χ3n) is 4.86. The SMILES string of the molecule is O=C(NCC[C@H]1CCOC12CN(S(=O)(=O)C(F)(F)F)C2)C1CC1. The number of rotatable bonds is 5. The van der Waals surface area contributed by atoms with E-state index in [0.29, 0.717) is 30.3 Å². The number of hydrogen-bond acceptors (Lipinski definition) is 4. The van der Waals surface area contributed by atoms with Gasteiger partial charge in [0.1, 0.15) is 0 Å². The number of nitrogens with zero attached hydrogens (tertiary/aromatic N) is 1. The highest BCUT2D eigenvalue weighted by Gasteiger charge is 2.61. The van der Waals surface area contributed by atoms with Gasteiger partial charge < -0.3 is 10.1 Å². The van der Waals surface area contributed by atoms with Crippen LogP contribution in [0.5, 0.6) is 0 Å². The second-order valence-corrected chi connectivity index (χ2v) is 8.40. The quantitative estimate of drug-likeness (QED) is 0.792. The summed E-state index contributed by atoms with van der Waals surface area (Å²) in [6.45, 7) is 0.310. The molecular weight excluding hydrogens is 337 g/mol. The summed E-state index contributed by atoms with van der Waals surface area (Å²) in [4.78, 5) is 11.6. The third kappa shape index (κ3) is 3.08. The van der Waals surface area contributed by atoms with Gasteiger partial charge in [-0.3, -0.25) is 4.79 Å². The fourth-order valence-corrected chi connectivity index (χ4v) is 4.34. The van der Waals surface area contributed by atoms with Gasteiger partial charge in [-0.15, -0.1) is 0 Å². The highest BCUT2D eigenvalue weighted by atomic mass is 32.2. The van der Waals surface area contributed by atoms with Crippen LogP contribution in [0.1, 0.15) is 25.7 Å². The maximum absolute atomic E-state index is 12.5. The van der Waals surface area contributed by atoms with Crippen LogP contribution in [0.3, 0.4) is 0 Å². The molecule has 1 atom stereocenters. The minimum absolute atomic E-state index is 0.0212. The van der Waals surface area contributed by atoms with Crippen molar-refractivity contribution in [3.8, 4) is 0 Å². The van der Waals surface area contributed by atoms with Gasteiger partial charge in [0.2, 0.25) is 5.91 Å². The largest absolute Gasteiger partial charge is 0.511 e. The Balaban J connectivity index is 1.53. The first-order valence-corrected chi connectivity index (χ1v) is 9.08. The number of carbonyl (C=O) groups is 1. The Hall–Kier alpha value is -0.870. The summed E-state index contributed by atoms with van der Waals surface area (Å²) in [6, 6.07) is 0. The van der Waals surface area contributed by atoms with Gasteiger partial charge in [-0.2, -0.15) is 17.5 Å². The number of ether oxygens (including phenoxy) is 1. The molecule has 1 aliphatic carbocycles. The lowest BCUT2D eigenvalue weighted by atomic mass is 9.80. The molecule has 132 valence electrons. The topological polar surface area (TPSA) is 75.7 Å². The summed E-state index contributed by atoms with van der Waals surface area (Å²) < 4.78 is 66.3. The van der Waals surface area contributed by atoms with Gasteiger partial charge >= 0.3 is 15.5 Å². The highest BCUT2D eigenvalue weighted by Crippen LogP contribution is 2.44. The monoisotopic (exact) mass is 356 g/mol. The molecule has 0 aromatic rings. The van der Waals surface area contributed by atoms with Crippen LogP contribution in [-0.4, -0.2) is 56.0 Å². The van der Waals surface area contributed by atoms with E-state index in [1.807, 2.05) is 0 Å². The highest BCUT2D eigenvalue weighted by molar-refractivity contribution is 7.90. The van der Waals surface area contributed by atoms with Gasteiger partial charge in [0.15, 0.2) is 0 Å². The van der Waals surface area contributed by atoms with E-state index in [0.717, 1.165) is 12.8 Å². The van der Waals surface area contributed by atoms with E-state index in [2.05, 4.69) is 5.32 Å². The van der Waals surface area contributed by atoms with Gasteiger partial charge in [-0.25, -0.2) is 8.42 Å². The third-order valence-corrected chi connectivity index (χ3v) is 6.38. The number of carbonyl (C=O) groups excluding carboxylic acids is 1. The summed E-state index contributed by atoms with van der Waals surface area (Å²) in [7, 11) is -5.28. The number of nitrogens with one attached hydrogen (secondary N) is 1. The van der Waals surface area contributed by atoms with Crippen molar-refractivity contribution in [2.24, 2.45) is 11.8 Å². The molecule has 3 aliphatic rings. The zero-order valence-electron chi connectivity index (χ0n) is 12.4. The molecule has 2 saturated heterocycles. The predicted octanol–water partition coefficient (Wildman–Crippen LogP) is 0.843. The molecule has 0 aromatic heterocycles.